The number of hydrogen-bond donors (Lipinski definition) is 1. The van der Waals surface area contributed by atoms with E-state index in [9.17, 15) is 0 Å². The SMILES string of the molecule is CN(C)CCn1ncc(Br)c1C1(F)CCNCC1. The van der Waals surface area contributed by atoms with Crippen molar-refractivity contribution >= 4 is 15.9 Å². The van der Waals surface area contributed by atoms with Crippen LogP contribution in [0.5, 0.6) is 0 Å². The maximum atomic E-state index is 15.0. The molecule has 1 aliphatic rings. The van der Waals surface area contributed by atoms with Gasteiger partial charge >= 0.3 is 0 Å². The summed E-state index contributed by atoms with van der Waals surface area (Å²) in [5.41, 5.74) is -0.557. The third-order valence-electron chi connectivity index (χ3n) is 3.37. The summed E-state index contributed by atoms with van der Waals surface area (Å²) in [6.07, 6.45) is 2.73. The van der Waals surface area contributed by atoms with Crippen molar-refractivity contribution in [1.29, 1.82) is 0 Å². The van der Waals surface area contributed by atoms with Gasteiger partial charge in [-0.05, 0) is 56.0 Å². The smallest absolute Gasteiger partial charge is 0.155 e. The first kappa shape index (κ1) is 14.0. The summed E-state index contributed by atoms with van der Waals surface area (Å²) in [5.74, 6) is 0. The van der Waals surface area contributed by atoms with Gasteiger partial charge in [0.05, 0.1) is 22.9 Å². The Morgan fingerprint density at radius 1 is 1.50 bits per heavy atom. The molecule has 18 heavy (non-hydrogen) atoms. The summed E-state index contributed by atoms with van der Waals surface area (Å²) >= 11 is 3.44. The van der Waals surface area contributed by atoms with Gasteiger partial charge in [0.25, 0.3) is 0 Å². The molecule has 1 N–H and O–H groups in total. The lowest BCUT2D eigenvalue weighted by Crippen LogP contribution is -2.38. The molecular formula is C12H20BrFN4. The van der Waals surface area contributed by atoms with Gasteiger partial charge in [-0.2, -0.15) is 5.10 Å². The molecule has 102 valence electrons. The molecule has 0 unspecified atom stereocenters. The highest BCUT2D eigenvalue weighted by atomic mass is 79.9. The summed E-state index contributed by atoms with van der Waals surface area (Å²) in [6, 6.07) is 0. The summed E-state index contributed by atoms with van der Waals surface area (Å²) in [5, 5.41) is 7.49. The van der Waals surface area contributed by atoms with Crippen LogP contribution in [0.4, 0.5) is 4.39 Å². The van der Waals surface area contributed by atoms with E-state index in [4.69, 9.17) is 0 Å². The first-order chi connectivity index (χ1) is 8.53. The van der Waals surface area contributed by atoms with Crippen LogP contribution in [-0.4, -0.2) is 48.4 Å². The third-order valence-corrected chi connectivity index (χ3v) is 3.95. The van der Waals surface area contributed by atoms with Crippen LogP contribution in [0, 0.1) is 0 Å². The lowest BCUT2D eigenvalue weighted by Gasteiger charge is -2.31. The Morgan fingerprint density at radius 2 is 2.17 bits per heavy atom. The summed E-state index contributed by atoms with van der Waals surface area (Å²) < 4.78 is 17.6. The minimum atomic E-state index is -1.26. The topological polar surface area (TPSA) is 33.1 Å². The Kier molecular flexibility index (Phi) is 4.40. The van der Waals surface area contributed by atoms with E-state index in [-0.39, 0.29) is 0 Å². The fourth-order valence-electron chi connectivity index (χ4n) is 2.33. The van der Waals surface area contributed by atoms with Gasteiger partial charge in [0.15, 0.2) is 5.67 Å². The van der Waals surface area contributed by atoms with Crippen molar-refractivity contribution in [2.45, 2.75) is 25.1 Å². The maximum absolute atomic E-state index is 15.0. The van der Waals surface area contributed by atoms with E-state index in [1.807, 2.05) is 14.1 Å². The van der Waals surface area contributed by atoms with Crippen molar-refractivity contribution < 1.29 is 4.39 Å². The summed E-state index contributed by atoms with van der Waals surface area (Å²) in [4.78, 5) is 2.08. The summed E-state index contributed by atoms with van der Waals surface area (Å²) in [6.45, 7) is 3.02. The molecule has 0 aromatic carbocycles. The van der Waals surface area contributed by atoms with E-state index in [1.165, 1.54) is 0 Å². The second-order valence-electron chi connectivity index (χ2n) is 5.08. The zero-order chi connectivity index (χ0) is 13.2. The second kappa shape index (κ2) is 5.67. The molecule has 1 aromatic heterocycles. The molecule has 1 fully saturated rings. The van der Waals surface area contributed by atoms with Crippen molar-refractivity contribution in [2.24, 2.45) is 0 Å². The van der Waals surface area contributed by atoms with Crippen molar-refractivity contribution in [1.82, 2.24) is 20.0 Å². The van der Waals surface area contributed by atoms with Crippen LogP contribution in [0.25, 0.3) is 0 Å². The molecule has 1 saturated heterocycles. The number of aromatic nitrogens is 2. The van der Waals surface area contributed by atoms with Gasteiger partial charge in [-0.1, -0.05) is 0 Å². The minimum Gasteiger partial charge on any atom is -0.316 e. The fourth-order valence-corrected chi connectivity index (χ4v) is 2.98. The maximum Gasteiger partial charge on any atom is 0.155 e. The number of alkyl halides is 1. The number of piperidine rings is 1. The van der Waals surface area contributed by atoms with E-state index in [2.05, 4.69) is 31.2 Å². The molecule has 0 spiro atoms. The molecule has 4 nitrogen and oxygen atoms in total. The van der Waals surface area contributed by atoms with E-state index in [0.717, 1.165) is 24.1 Å². The molecule has 6 heteroatoms. The predicted octanol–water partition coefficient (Wildman–Crippen LogP) is 1.76. The molecule has 0 bridgehead atoms. The average Bonchev–Trinajstić information content (AvgIpc) is 2.69. The molecular weight excluding hydrogens is 299 g/mol. The highest BCUT2D eigenvalue weighted by Gasteiger charge is 2.38. The minimum absolute atomic E-state index is 0.513. The number of likely N-dealkylation sites (N-methyl/N-ethyl adjacent to an activating group) is 1. The Bertz CT molecular complexity index is 399. The lowest BCUT2D eigenvalue weighted by atomic mass is 9.91. The van der Waals surface area contributed by atoms with E-state index >= 15 is 4.39 Å². The molecule has 0 amide bonds. The Morgan fingerprint density at radius 3 is 2.78 bits per heavy atom. The van der Waals surface area contributed by atoms with E-state index < -0.39 is 5.67 Å². The van der Waals surface area contributed by atoms with Crippen LogP contribution in [0.2, 0.25) is 0 Å². The zero-order valence-electron chi connectivity index (χ0n) is 10.9. The van der Waals surface area contributed by atoms with E-state index in [0.29, 0.717) is 25.1 Å². The van der Waals surface area contributed by atoms with Crippen molar-refractivity contribution in [3.63, 3.8) is 0 Å². The third kappa shape index (κ3) is 2.92. The van der Waals surface area contributed by atoms with Gasteiger partial charge in [0, 0.05) is 6.54 Å². The van der Waals surface area contributed by atoms with Gasteiger partial charge in [-0.25, -0.2) is 4.39 Å². The fraction of sp³-hybridized carbons (Fsp3) is 0.750. The molecule has 1 aliphatic heterocycles. The number of hydrogen-bond acceptors (Lipinski definition) is 3. The molecule has 2 rings (SSSR count). The number of nitrogens with one attached hydrogen (secondary N) is 1. The molecule has 0 atom stereocenters. The van der Waals surface area contributed by atoms with Gasteiger partial charge < -0.3 is 10.2 Å². The van der Waals surface area contributed by atoms with Crippen LogP contribution in [-0.2, 0) is 12.2 Å². The first-order valence-corrected chi connectivity index (χ1v) is 7.08. The Labute approximate surface area is 116 Å². The van der Waals surface area contributed by atoms with Crippen LogP contribution in [0.1, 0.15) is 18.5 Å². The van der Waals surface area contributed by atoms with Crippen molar-refractivity contribution in [2.75, 3.05) is 33.7 Å². The van der Waals surface area contributed by atoms with Crippen molar-refractivity contribution in [3.05, 3.63) is 16.4 Å². The van der Waals surface area contributed by atoms with Gasteiger partial charge in [-0.3, -0.25) is 4.68 Å². The molecule has 0 aliphatic carbocycles. The van der Waals surface area contributed by atoms with Gasteiger partial charge in [-0.15, -0.1) is 0 Å². The predicted molar refractivity (Wildman–Crippen MR) is 73.4 cm³/mol. The monoisotopic (exact) mass is 318 g/mol. The van der Waals surface area contributed by atoms with Crippen LogP contribution in [0.15, 0.2) is 10.7 Å². The van der Waals surface area contributed by atoms with Gasteiger partial charge in [0.1, 0.15) is 0 Å². The number of nitrogens with zero attached hydrogens (tertiary/aromatic N) is 3. The van der Waals surface area contributed by atoms with Crippen LogP contribution in [0.3, 0.4) is 0 Å². The Balaban J connectivity index is 2.22. The average molecular weight is 319 g/mol. The molecule has 1 aromatic rings. The van der Waals surface area contributed by atoms with Crippen LogP contribution < -0.4 is 5.32 Å². The standard InChI is InChI=1S/C12H20BrFN4/c1-17(2)7-8-18-11(10(13)9-16-18)12(14)3-5-15-6-4-12/h9,15H,3-8H2,1-2H3. The lowest BCUT2D eigenvalue weighted by molar-refractivity contribution is 0.101. The van der Waals surface area contributed by atoms with Gasteiger partial charge in [0.2, 0.25) is 0 Å². The highest BCUT2D eigenvalue weighted by molar-refractivity contribution is 9.10. The van der Waals surface area contributed by atoms with Crippen LogP contribution >= 0.6 is 15.9 Å². The molecule has 0 radical (unpaired) electrons. The molecule has 2 heterocycles. The quantitative estimate of drug-likeness (QED) is 0.918. The largest absolute Gasteiger partial charge is 0.316 e. The Hall–Kier alpha value is -0.460. The number of halogens is 2. The van der Waals surface area contributed by atoms with E-state index in [1.54, 1.807) is 10.9 Å². The second-order valence-corrected chi connectivity index (χ2v) is 5.94. The highest BCUT2D eigenvalue weighted by Crippen LogP contribution is 2.38. The zero-order valence-corrected chi connectivity index (χ0v) is 12.5. The number of rotatable bonds is 4. The normalized spacial score (nSPS) is 19.4. The summed E-state index contributed by atoms with van der Waals surface area (Å²) in [7, 11) is 4.02. The van der Waals surface area contributed by atoms with Crippen molar-refractivity contribution in [3.8, 4) is 0 Å². The first-order valence-electron chi connectivity index (χ1n) is 6.29. The molecule has 0 saturated carbocycles.